The summed E-state index contributed by atoms with van der Waals surface area (Å²) in [6.45, 7) is 7.14. The van der Waals surface area contributed by atoms with Gasteiger partial charge in [0.1, 0.15) is 17.7 Å². The summed E-state index contributed by atoms with van der Waals surface area (Å²) in [6, 6.07) is 0. The molecule has 1 saturated heterocycles. The molecule has 1 heterocycles. The maximum Gasteiger partial charge on any atom is 1.00 e. The second-order valence-electron chi connectivity index (χ2n) is 10.2. The molecule has 4 fully saturated rings. The standard InChI is InChI=1S/C7H10O3.C7H8O2.C6H13O4P.C6H8O.C4H8O.CH2O3.CH4O.B.2K.Li.2H/c1-2-10-7(9)6-3-5(6)4-8;1-3-5-4-6(5)7(8)9-2;1-5(7)6(2)11(8,9-3)10-4;1-2-5-3-6(5)4-7;1-2-4-5-3-1;2-1-4-3;1-2;;;;;;/h4-6H,2-3H2,1H3;1,5-6H,4H2,2H3;6H,1-4H3;1,5-7H,3-4H2;1-4H2;1,3H;2H,1H3;;;;;;/q;;;;;;;;3*+1;2*-1/p-1/t2*5-,6?;;5-,6?;;;;;;;;;/m10.0........./s1. The Morgan fingerprint density at radius 2 is 1.46 bits per heavy atom. The van der Waals surface area contributed by atoms with Crippen molar-refractivity contribution in [2.45, 2.75) is 58.5 Å². The zero-order valence-corrected chi connectivity index (χ0v) is 39.6. The molecule has 20 heteroatoms. The third-order valence-corrected chi connectivity index (χ3v) is 9.25. The number of aldehydes is 1. The molecule has 0 spiro atoms. The maximum absolute atomic E-state index is 11.4. The van der Waals surface area contributed by atoms with Gasteiger partial charge >= 0.3 is 141 Å². The number of carbonyl (C=O) groups is 5. The molecule has 4 aliphatic rings. The third-order valence-electron chi connectivity index (χ3n) is 6.92. The number of hydrogen-bond donors (Lipinski definition) is 2. The van der Waals surface area contributed by atoms with E-state index in [1.54, 1.807) is 6.92 Å². The Labute approximate surface area is 411 Å². The maximum atomic E-state index is 11.4. The van der Waals surface area contributed by atoms with Crippen LogP contribution in [-0.2, 0) is 56.7 Å². The van der Waals surface area contributed by atoms with Crippen molar-refractivity contribution >= 4 is 46.5 Å². The molecule has 0 bridgehead atoms. The van der Waals surface area contributed by atoms with Crippen LogP contribution in [0.3, 0.4) is 0 Å². The Kier molecular flexibility index (Phi) is 55.8. The van der Waals surface area contributed by atoms with Crippen LogP contribution in [0.15, 0.2) is 0 Å². The zero-order chi connectivity index (χ0) is 37.7. The van der Waals surface area contributed by atoms with Gasteiger partial charge in [0, 0.05) is 67.3 Å². The van der Waals surface area contributed by atoms with Crippen LogP contribution in [0.2, 0.25) is 0 Å². The second kappa shape index (κ2) is 42.9. The summed E-state index contributed by atoms with van der Waals surface area (Å²) in [5.41, 5.74) is -0.683. The Hall–Kier alpha value is 0.795. The first-order valence-corrected chi connectivity index (χ1v) is 16.7. The number of ketones is 1. The number of hydrogen-bond acceptors (Lipinski definition) is 15. The van der Waals surface area contributed by atoms with Crippen LogP contribution < -0.4 is 127 Å². The van der Waals surface area contributed by atoms with Gasteiger partial charge in [-0.25, -0.2) is 0 Å². The van der Waals surface area contributed by atoms with E-state index < -0.39 is 13.3 Å². The predicted molar refractivity (Wildman–Crippen MR) is 179 cm³/mol. The first kappa shape index (κ1) is 67.5. The largest absolute Gasteiger partial charge is 1.00 e. The molecule has 3 aliphatic carbocycles. The van der Waals surface area contributed by atoms with Crippen LogP contribution in [0.1, 0.15) is 55.7 Å². The molecule has 0 aromatic heterocycles. The number of aliphatic hydroxyl groups excluding tert-OH is 2. The average Bonchev–Trinajstić information content (AvgIpc) is 4.08. The van der Waals surface area contributed by atoms with E-state index in [2.05, 4.69) is 30.5 Å². The molecule has 0 aromatic rings. The predicted octanol–water partition coefficient (Wildman–Crippen LogP) is -7.79. The summed E-state index contributed by atoms with van der Waals surface area (Å²) in [5.74, 6) is 5.29. The van der Waals surface area contributed by atoms with Gasteiger partial charge in [-0.3, -0.25) is 23.7 Å². The summed E-state index contributed by atoms with van der Waals surface area (Å²) in [6.07, 6.45) is 16.0. The van der Waals surface area contributed by atoms with E-state index in [9.17, 15) is 23.7 Å². The summed E-state index contributed by atoms with van der Waals surface area (Å²) in [4.78, 5) is 53.5. The first-order chi connectivity index (χ1) is 22.9. The van der Waals surface area contributed by atoms with Crippen molar-refractivity contribution in [1.82, 2.24) is 0 Å². The molecule has 4 rings (SSSR count). The Morgan fingerprint density at radius 3 is 1.65 bits per heavy atom. The smallest absolute Gasteiger partial charge is 1.00 e. The minimum absolute atomic E-state index is 0. The SMILES string of the molecule is C#C[C@H]1CC1C(=O)OC.C#C[C@H]1CC1CO.C1CCOC1.CCOC(=O)C1C[C@@H]1C=O.CO.COP(=O)(OC)C(C)C(C)=O.O=CO[O-].[B].[H-].[H-].[K+].[K+].[Li+]. The van der Waals surface area contributed by atoms with Crippen molar-refractivity contribution in [2.24, 2.45) is 35.5 Å². The average molecular weight is 806 g/mol. The summed E-state index contributed by atoms with van der Waals surface area (Å²) in [7, 11) is 1.74. The number of terminal acetylenes is 2. The minimum Gasteiger partial charge on any atom is -1.00 e. The third kappa shape index (κ3) is 33.0. The Morgan fingerprint density at radius 1 is 0.981 bits per heavy atom. The van der Waals surface area contributed by atoms with Crippen molar-refractivity contribution in [3.05, 3.63) is 0 Å². The monoisotopic (exact) mass is 805 g/mol. The number of aliphatic hydroxyl groups is 2. The van der Waals surface area contributed by atoms with Crippen LogP contribution in [0.25, 0.3) is 0 Å². The number of Topliss-reactive ketones (excluding diaryl/α,β-unsaturated/α-hetero) is 1. The van der Waals surface area contributed by atoms with Gasteiger partial charge in [-0.05, 0) is 58.8 Å². The molecule has 7 atom stereocenters. The molecule has 0 amide bonds. The van der Waals surface area contributed by atoms with E-state index >= 15 is 0 Å². The molecule has 1 aliphatic heterocycles. The first-order valence-electron chi connectivity index (χ1n) is 15.1. The van der Waals surface area contributed by atoms with Gasteiger partial charge in [0.2, 0.25) is 0 Å². The normalized spacial score (nSPS) is 21.8. The molecule has 3 saturated carbocycles. The van der Waals surface area contributed by atoms with E-state index in [-0.39, 0.29) is 187 Å². The fraction of sp³-hybridized carbons (Fsp3) is 0.719. The van der Waals surface area contributed by atoms with E-state index in [1.807, 2.05) is 0 Å². The van der Waals surface area contributed by atoms with Gasteiger partial charge in [-0.15, -0.1) is 24.7 Å². The van der Waals surface area contributed by atoms with Crippen molar-refractivity contribution < 1.29 is 197 Å². The molecule has 2 N–H and O–H groups in total. The van der Waals surface area contributed by atoms with E-state index in [4.69, 9.17) is 42.6 Å². The number of methoxy groups -OCH3 is 1. The molecule has 283 valence electrons. The number of carbonyl (C=O) groups excluding carboxylic acids is 5. The van der Waals surface area contributed by atoms with E-state index in [0.717, 1.165) is 39.5 Å². The van der Waals surface area contributed by atoms with E-state index in [0.29, 0.717) is 24.9 Å². The number of ether oxygens (including phenoxy) is 3. The van der Waals surface area contributed by atoms with Gasteiger partial charge in [-0.1, -0.05) is 0 Å². The Bertz CT molecular complexity index is 1070. The van der Waals surface area contributed by atoms with Crippen LogP contribution in [0, 0.1) is 60.2 Å². The van der Waals surface area contributed by atoms with Crippen molar-refractivity contribution in [3.8, 4) is 24.7 Å². The van der Waals surface area contributed by atoms with Gasteiger partial charge < -0.3 is 51.3 Å². The molecule has 3 radical (unpaired) electrons. The van der Waals surface area contributed by atoms with Crippen LogP contribution >= 0.6 is 7.60 Å². The van der Waals surface area contributed by atoms with Gasteiger partial charge in [0.05, 0.1) is 25.6 Å². The molecular weight excluding hydrogens is 751 g/mol. The van der Waals surface area contributed by atoms with Crippen molar-refractivity contribution in [3.63, 3.8) is 0 Å². The number of rotatable bonds is 10. The van der Waals surface area contributed by atoms with Gasteiger partial charge in [-0.2, -0.15) is 0 Å². The minimum atomic E-state index is -3.18. The Balaban J connectivity index is -0.0000000636. The molecule has 52 heavy (non-hydrogen) atoms. The summed E-state index contributed by atoms with van der Waals surface area (Å²) in [5, 5.41) is 23.8. The van der Waals surface area contributed by atoms with Gasteiger partial charge in [0.15, 0.2) is 0 Å². The number of esters is 2. The van der Waals surface area contributed by atoms with Crippen molar-refractivity contribution in [1.29, 1.82) is 0 Å². The van der Waals surface area contributed by atoms with Crippen LogP contribution in [0.5, 0.6) is 0 Å². The topological polar surface area (TPSA) is 221 Å². The quantitative estimate of drug-likeness (QED) is 0.0399. The van der Waals surface area contributed by atoms with Crippen LogP contribution in [-0.4, -0.2) is 110 Å². The van der Waals surface area contributed by atoms with Crippen LogP contribution in [0.4, 0.5) is 0 Å². The molecule has 4 unspecified atom stereocenters. The molecule has 0 aromatic carbocycles. The summed E-state index contributed by atoms with van der Waals surface area (Å²) < 4.78 is 34.8. The van der Waals surface area contributed by atoms with E-state index in [1.165, 1.54) is 48.0 Å². The zero-order valence-electron chi connectivity index (χ0n) is 34.4. The second-order valence-corrected chi connectivity index (χ2v) is 12.8. The molecule has 15 nitrogen and oxygen atoms in total. The molecular formula is C32H54BK2LiO15P. The fourth-order valence-corrected chi connectivity index (χ4v) is 4.68. The van der Waals surface area contributed by atoms with Gasteiger partial charge in [0.25, 0.3) is 6.47 Å². The fourth-order valence-electron chi connectivity index (χ4n) is 3.45. The summed E-state index contributed by atoms with van der Waals surface area (Å²) >= 11 is 0. The van der Waals surface area contributed by atoms with Crippen molar-refractivity contribution in [2.75, 3.05) is 54.9 Å².